The zero-order chi connectivity index (χ0) is 15.2. The molecule has 2 aromatic rings. The molecular formula is C16H22N4O. The van der Waals surface area contributed by atoms with Crippen LogP contribution in [0.1, 0.15) is 29.9 Å². The zero-order valence-corrected chi connectivity index (χ0v) is 12.8. The molecular weight excluding hydrogens is 264 g/mol. The molecule has 2 N–H and O–H groups in total. The molecule has 0 radical (unpaired) electrons. The first-order valence-electron chi connectivity index (χ1n) is 7.25. The Balaban J connectivity index is 2.08. The van der Waals surface area contributed by atoms with Crippen LogP contribution in [-0.2, 0) is 0 Å². The highest BCUT2D eigenvalue weighted by Crippen LogP contribution is 2.13. The van der Waals surface area contributed by atoms with Crippen molar-refractivity contribution in [3.63, 3.8) is 0 Å². The Morgan fingerprint density at radius 1 is 1.33 bits per heavy atom. The second-order valence-electron chi connectivity index (χ2n) is 5.06. The molecule has 5 nitrogen and oxygen atoms in total. The molecule has 0 aliphatic carbocycles. The zero-order valence-electron chi connectivity index (χ0n) is 12.8. The first kappa shape index (κ1) is 15.3. The van der Waals surface area contributed by atoms with Gasteiger partial charge in [0.05, 0.1) is 23.1 Å². The number of nitrogens with one attached hydrogen (secondary N) is 2. The van der Waals surface area contributed by atoms with Gasteiger partial charge in [-0.15, -0.1) is 0 Å². The number of benzene rings is 1. The molecule has 0 aliphatic rings. The summed E-state index contributed by atoms with van der Waals surface area (Å²) in [5.74, 6) is -0.0839. The number of hydrogen-bond acceptors (Lipinski definition) is 3. The standard InChI is InChI=1S/C16H22N4O/c1-4-17-12(2)10-18-16(21)15-11-19-20(13(15)3)14-8-6-5-7-9-14/h5-9,11-12,17H,4,10H2,1-3H3,(H,18,21)/t12-/m1/s1. The summed E-state index contributed by atoms with van der Waals surface area (Å²) in [7, 11) is 0. The van der Waals surface area contributed by atoms with E-state index in [0.717, 1.165) is 17.9 Å². The van der Waals surface area contributed by atoms with Crippen molar-refractivity contribution in [2.45, 2.75) is 26.8 Å². The van der Waals surface area contributed by atoms with Gasteiger partial charge in [0.25, 0.3) is 5.91 Å². The molecule has 0 saturated carbocycles. The molecule has 0 unspecified atom stereocenters. The normalized spacial score (nSPS) is 12.1. The minimum Gasteiger partial charge on any atom is -0.350 e. The maximum Gasteiger partial charge on any atom is 0.254 e. The van der Waals surface area contributed by atoms with Gasteiger partial charge in [-0.1, -0.05) is 25.1 Å². The van der Waals surface area contributed by atoms with Gasteiger partial charge in [0.1, 0.15) is 0 Å². The molecule has 1 atom stereocenters. The molecule has 2 rings (SSSR count). The smallest absolute Gasteiger partial charge is 0.254 e. The molecule has 0 aliphatic heterocycles. The number of carbonyl (C=O) groups is 1. The first-order valence-corrected chi connectivity index (χ1v) is 7.25. The second-order valence-corrected chi connectivity index (χ2v) is 5.06. The van der Waals surface area contributed by atoms with Gasteiger partial charge in [0.2, 0.25) is 0 Å². The van der Waals surface area contributed by atoms with Gasteiger partial charge in [-0.25, -0.2) is 4.68 Å². The molecule has 21 heavy (non-hydrogen) atoms. The Hall–Kier alpha value is -2.14. The van der Waals surface area contributed by atoms with Gasteiger partial charge in [-0.3, -0.25) is 4.79 Å². The number of nitrogens with zero attached hydrogens (tertiary/aromatic N) is 2. The van der Waals surface area contributed by atoms with Crippen molar-refractivity contribution in [1.82, 2.24) is 20.4 Å². The van der Waals surface area contributed by atoms with Crippen molar-refractivity contribution < 1.29 is 4.79 Å². The fraction of sp³-hybridized carbons (Fsp3) is 0.375. The predicted octanol–water partition coefficient (Wildman–Crippen LogP) is 1.91. The highest BCUT2D eigenvalue weighted by atomic mass is 16.1. The summed E-state index contributed by atoms with van der Waals surface area (Å²) in [6.07, 6.45) is 1.62. The van der Waals surface area contributed by atoms with Crippen LogP contribution in [0, 0.1) is 6.92 Å². The van der Waals surface area contributed by atoms with Crippen molar-refractivity contribution in [3.8, 4) is 5.69 Å². The third-order valence-corrected chi connectivity index (χ3v) is 3.38. The minimum absolute atomic E-state index is 0.0839. The van der Waals surface area contributed by atoms with Crippen LogP contribution in [0.3, 0.4) is 0 Å². The van der Waals surface area contributed by atoms with E-state index in [1.165, 1.54) is 0 Å². The fourth-order valence-corrected chi connectivity index (χ4v) is 2.22. The number of carbonyl (C=O) groups excluding carboxylic acids is 1. The highest BCUT2D eigenvalue weighted by molar-refractivity contribution is 5.95. The van der Waals surface area contributed by atoms with Crippen LogP contribution < -0.4 is 10.6 Å². The SMILES string of the molecule is CCN[C@H](C)CNC(=O)c1cnn(-c2ccccc2)c1C. The van der Waals surface area contributed by atoms with Crippen molar-refractivity contribution in [1.29, 1.82) is 0 Å². The quantitative estimate of drug-likeness (QED) is 0.853. The van der Waals surface area contributed by atoms with E-state index in [1.54, 1.807) is 10.9 Å². The Morgan fingerprint density at radius 3 is 2.71 bits per heavy atom. The molecule has 5 heteroatoms. The van der Waals surface area contributed by atoms with E-state index in [4.69, 9.17) is 0 Å². The number of aromatic nitrogens is 2. The molecule has 1 heterocycles. The summed E-state index contributed by atoms with van der Waals surface area (Å²) in [5.41, 5.74) is 2.41. The first-order chi connectivity index (χ1) is 10.1. The van der Waals surface area contributed by atoms with Crippen LogP contribution >= 0.6 is 0 Å². The third kappa shape index (κ3) is 3.70. The van der Waals surface area contributed by atoms with E-state index >= 15 is 0 Å². The van der Waals surface area contributed by atoms with E-state index in [-0.39, 0.29) is 11.9 Å². The third-order valence-electron chi connectivity index (χ3n) is 3.38. The van der Waals surface area contributed by atoms with Gasteiger partial charge in [-0.05, 0) is 32.5 Å². The maximum absolute atomic E-state index is 12.2. The van der Waals surface area contributed by atoms with Crippen LogP contribution in [-0.4, -0.2) is 34.8 Å². The van der Waals surface area contributed by atoms with Gasteiger partial charge >= 0.3 is 0 Å². The number of para-hydroxylation sites is 1. The Kier molecular flexibility index (Phi) is 5.11. The Labute approximate surface area is 125 Å². The molecule has 0 spiro atoms. The van der Waals surface area contributed by atoms with E-state index in [2.05, 4.69) is 15.7 Å². The van der Waals surface area contributed by atoms with Crippen LogP contribution in [0.25, 0.3) is 5.69 Å². The Morgan fingerprint density at radius 2 is 2.05 bits per heavy atom. The summed E-state index contributed by atoms with van der Waals surface area (Å²) in [6.45, 7) is 7.49. The second kappa shape index (κ2) is 7.04. The van der Waals surface area contributed by atoms with E-state index in [0.29, 0.717) is 12.1 Å². The molecule has 1 aromatic heterocycles. The maximum atomic E-state index is 12.2. The Bertz CT molecular complexity index is 592. The summed E-state index contributed by atoms with van der Waals surface area (Å²) in [4.78, 5) is 12.2. The molecule has 0 bridgehead atoms. The van der Waals surface area contributed by atoms with Gasteiger partial charge in [0, 0.05) is 12.6 Å². The van der Waals surface area contributed by atoms with Gasteiger partial charge in [-0.2, -0.15) is 5.10 Å². The van der Waals surface area contributed by atoms with E-state index in [1.807, 2.05) is 51.1 Å². The average molecular weight is 286 g/mol. The lowest BCUT2D eigenvalue weighted by molar-refractivity contribution is 0.0949. The lowest BCUT2D eigenvalue weighted by Crippen LogP contribution is -2.38. The lowest BCUT2D eigenvalue weighted by atomic mass is 10.2. The molecule has 0 fully saturated rings. The largest absolute Gasteiger partial charge is 0.350 e. The van der Waals surface area contributed by atoms with Crippen molar-refractivity contribution in [3.05, 3.63) is 47.8 Å². The van der Waals surface area contributed by atoms with E-state index < -0.39 is 0 Å². The molecule has 112 valence electrons. The fourth-order valence-electron chi connectivity index (χ4n) is 2.22. The monoisotopic (exact) mass is 286 g/mol. The topological polar surface area (TPSA) is 58.9 Å². The highest BCUT2D eigenvalue weighted by Gasteiger charge is 2.15. The number of hydrogen-bond donors (Lipinski definition) is 2. The molecule has 1 amide bonds. The predicted molar refractivity (Wildman–Crippen MR) is 83.8 cm³/mol. The number of likely N-dealkylation sites (N-methyl/N-ethyl adjacent to an activating group) is 1. The average Bonchev–Trinajstić information content (AvgIpc) is 2.88. The number of amides is 1. The summed E-state index contributed by atoms with van der Waals surface area (Å²) >= 11 is 0. The number of rotatable bonds is 6. The molecule has 1 aromatic carbocycles. The van der Waals surface area contributed by atoms with E-state index in [9.17, 15) is 4.79 Å². The van der Waals surface area contributed by atoms with Gasteiger partial charge < -0.3 is 10.6 Å². The lowest BCUT2D eigenvalue weighted by Gasteiger charge is -2.13. The van der Waals surface area contributed by atoms with Crippen LogP contribution in [0.5, 0.6) is 0 Å². The van der Waals surface area contributed by atoms with Crippen molar-refractivity contribution >= 4 is 5.91 Å². The van der Waals surface area contributed by atoms with Crippen LogP contribution in [0.15, 0.2) is 36.5 Å². The minimum atomic E-state index is -0.0839. The molecule has 0 saturated heterocycles. The summed E-state index contributed by atoms with van der Waals surface area (Å²) in [6, 6.07) is 10.0. The summed E-state index contributed by atoms with van der Waals surface area (Å²) in [5, 5.41) is 10.5. The van der Waals surface area contributed by atoms with Crippen molar-refractivity contribution in [2.24, 2.45) is 0 Å². The van der Waals surface area contributed by atoms with Crippen LogP contribution in [0.4, 0.5) is 0 Å². The van der Waals surface area contributed by atoms with Gasteiger partial charge in [0.15, 0.2) is 0 Å². The summed E-state index contributed by atoms with van der Waals surface area (Å²) < 4.78 is 1.78. The van der Waals surface area contributed by atoms with Crippen LogP contribution in [0.2, 0.25) is 0 Å². The van der Waals surface area contributed by atoms with Crippen molar-refractivity contribution in [2.75, 3.05) is 13.1 Å².